The molecule has 0 unspecified atom stereocenters. The molecular weight excluding hydrogens is 304 g/mol. The molecule has 1 amide bonds. The SMILES string of the molecule is Cc1noc(C)c1CC(=O)N1CCCN(Cc2ccncc2)CC1. The van der Waals surface area contributed by atoms with Crippen LogP contribution in [-0.4, -0.2) is 52.0 Å². The van der Waals surface area contributed by atoms with Crippen molar-refractivity contribution >= 4 is 5.91 Å². The normalized spacial score (nSPS) is 16.2. The average molecular weight is 328 g/mol. The van der Waals surface area contributed by atoms with E-state index in [2.05, 4.69) is 15.0 Å². The molecule has 0 atom stereocenters. The minimum absolute atomic E-state index is 0.162. The van der Waals surface area contributed by atoms with Crippen molar-refractivity contribution in [2.75, 3.05) is 26.2 Å². The molecule has 24 heavy (non-hydrogen) atoms. The van der Waals surface area contributed by atoms with Gasteiger partial charge in [0.05, 0.1) is 12.1 Å². The van der Waals surface area contributed by atoms with Gasteiger partial charge < -0.3 is 9.42 Å². The molecule has 6 nitrogen and oxygen atoms in total. The molecule has 0 bridgehead atoms. The van der Waals surface area contributed by atoms with Crippen LogP contribution in [0.3, 0.4) is 0 Å². The molecule has 3 heterocycles. The van der Waals surface area contributed by atoms with E-state index in [0.717, 1.165) is 56.2 Å². The third kappa shape index (κ3) is 4.00. The van der Waals surface area contributed by atoms with Gasteiger partial charge >= 0.3 is 0 Å². The number of hydrogen-bond acceptors (Lipinski definition) is 5. The summed E-state index contributed by atoms with van der Waals surface area (Å²) in [7, 11) is 0. The van der Waals surface area contributed by atoms with Gasteiger partial charge in [0, 0.05) is 50.7 Å². The smallest absolute Gasteiger partial charge is 0.227 e. The number of rotatable bonds is 4. The van der Waals surface area contributed by atoms with Crippen LogP contribution in [0.25, 0.3) is 0 Å². The lowest BCUT2D eigenvalue weighted by Gasteiger charge is -2.22. The quantitative estimate of drug-likeness (QED) is 0.858. The highest BCUT2D eigenvalue weighted by Crippen LogP contribution is 2.15. The maximum Gasteiger partial charge on any atom is 0.227 e. The average Bonchev–Trinajstić information content (AvgIpc) is 2.79. The molecule has 0 spiro atoms. The molecule has 0 aliphatic carbocycles. The standard InChI is InChI=1S/C18H24N4O2/c1-14-17(15(2)24-20-14)12-18(23)22-9-3-8-21(10-11-22)13-16-4-6-19-7-5-16/h4-7H,3,8-13H2,1-2H3. The third-order valence-corrected chi connectivity index (χ3v) is 4.61. The lowest BCUT2D eigenvalue weighted by Crippen LogP contribution is -2.36. The number of amides is 1. The number of nitrogens with zero attached hydrogens (tertiary/aromatic N) is 4. The Morgan fingerprint density at radius 1 is 1.17 bits per heavy atom. The van der Waals surface area contributed by atoms with Crippen molar-refractivity contribution < 1.29 is 9.32 Å². The van der Waals surface area contributed by atoms with Crippen LogP contribution in [0.1, 0.15) is 29.0 Å². The molecule has 6 heteroatoms. The monoisotopic (exact) mass is 328 g/mol. The molecule has 0 radical (unpaired) electrons. The van der Waals surface area contributed by atoms with Crippen LogP contribution in [0, 0.1) is 13.8 Å². The van der Waals surface area contributed by atoms with Gasteiger partial charge in [-0.1, -0.05) is 5.16 Å². The third-order valence-electron chi connectivity index (χ3n) is 4.61. The van der Waals surface area contributed by atoms with E-state index in [-0.39, 0.29) is 5.91 Å². The highest BCUT2D eigenvalue weighted by atomic mass is 16.5. The summed E-state index contributed by atoms with van der Waals surface area (Å²) in [5, 5.41) is 3.93. The van der Waals surface area contributed by atoms with Crippen LogP contribution >= 0.6 is 0 Å². The number of carbonyl (C=O) groups is 1. The van der Waals surface area contributed by atoms with Crippen molar-refractivity contribution in [1.29, 1.82) is 0 Å². The van der Waals surface area contributed by atoms with E-state index in [4.69, 9.17) is 4.52 Å². The van der Waals surface area contributed by atoms with Crippen molar-refractivity contribution in [2.24, 2.45) is 0 Å². The molecule has 0 N–H and O–H groups in total. The fourth-order valence-corrected chi connectivity index (χ4v) is 3.14. The van der Waals surface area contributed by atoms with Gasteiger partial charge in [0.2, 0.25) is 5.91 Å². The molecule has 1 saturated heterocycles. The lowest BCUT2D eigenvalue weighted by atomic mass is 10.1. The predicted molar refractivity (Wildman–Crippen MR) is 90.4 cm³/mol. The first-order valence-corrected chi connectivity index (χ1v) is 8.44. The van der Waals surface area contributed by atoms with E-state index in [1.54, 1.807) is 0 Å². The van der Waals surface area contributed by atoms with Gasteiger partial charge in [-0.3, -0.25) is 14.7 Å². The summed E-state index contributed by atoms with van der Waals surface area (Å²) < 4.78 is 5.16. The van der Waals surface area contributed by atoms with Gasteiger partial charge in [0.1, 0.15) is 5.76 Å². The van der Waals surface area contributed by atoms with E-state index in [1.165, 1.54) is 5.56 Å². The minimum atomic E-state index is 0.162. The summed E-state index contributed by atoms with van der Waals surface area (Å²) in [5.74, 6) is 0.908. The zero-order valence-electron chi connectivity index (χ0n) is 14.4. The zero-order chi connectivity index (χ0) is 16.9. The molecule has 128 valence electrons. The molecule has 1 aliphatic rings. The maximum absolute atomic E-state index is 12.6. The van der Waals surface area contributed by atoms with Crippen LogP contribution < -0.4 is 0 Å². The summed E-state index contributed by atoms with van der Waals surface area (Å²) in [6.45, 7) is 8.16. The van der Waals surface area contributed by atoms with Crippen molar-refractivity contribution in [3.05, 3.63) is 47.1 Å². The summed E-state index contributed by atoms with van der Waals surface area (Å²) in [5.41, 5.74) is 3.01. The van der Waals surface area contributed by atoms with Crippen molar-refractivity contribution in [3.8, 4) is 0 Å². The largest absolute Gasteiger partial charge is 0.361 e. The molecule has 3 rings (SSSR count). The summed E-state index contributed by atoms with van der Waals surface area (Å²) in [6.07, 6.45) is 5.03. The number of hydrogen-bond donors (Lipinski definition) is 0. The molecular formula is C18H24N4O2. The van der Waals surface area contributed by atoms with E-state index >= 15 is 0 Å². The van der Waals surface area contributed by atoms with E-state index in [0.29, 0.717) is 6.42 Å². The first-order chi connectivity index (χ1) is 11.6. The van der Waals surface area contributed by atoms with Crippen LogP contribution in [0.5, 0.6) is 0 Å². The second-order valence-electron chi connectivity index (χ2n) is 6.35. The van der Waals surface area contributed by atoms with Crippen LogP contribution in [0.2, 0.25) is 0 Å². The Kier molecular flexibility index (Phi) is 5.25. The van der Waals surface area contributed by atoms with Crippen LogP contribution in [-0.2, 0) is 17.8 Å². The first-order valence-electron chi connectivity index (χ1n) is 8.44. The Balaban J connectivity index is 1.56. The molecule has 2 aromatic rings. The number of pyridine rings is 1. The highest BCUT2D eigenvalue weighted by Gasteiger charge is 2.21. The van der Waals surface area contributed by atoms with Crippen molar-refractivity contribution in [3.63, 3.8) is 0 Å². The Hall–Kier alpha value is -2.21. The van der Waals surface area contributed by atoms with Crippen molar-refractivity contribution in [1.82, 2.24) is 19.9 Å². The number of aromatic nitrogens is 2. The van der Waals surface area contributed by atoms with Gasteiger partial charge in [-0.25, -0.2) is 0 Å². The molecule has 0 aromatic carbocycles. The number of aryl methyl sites for hydroxylation is 2. The lowest BCUT2D eigenvalue weighted by molar-refractivity contribution is -0.130. The van der Waals surface area contributed by atoms with E-state index in [9.17, 15) is 4.79 Å². The van der Waals surface area contributed by atoms with Gasteiger partial charge in [-0.15, -0.1) is 0 Å². The maximum atomic E-state index is 12.6. The fourth-order valence-electron chi connectivity index (χ4n) is 3.14. The topological polar surface area (TPSA) is 62.5 Å². The minimum Gasteiger partial charge on any atom is -0.361 e. The van der Waals surface area contributed by atoms with Crippen molar-refractivity contribution in [2.45, 2.75) is 33.2 Å². The molecule has 0 saturated carbocycles. The molecule has 1 aliphatic heterocycles. The number of carbonyl (C=O) groups excluding carboxylic acids is 1. The Morgan fingerprint density at radius 3 is 2.67 bits per heavy atom. The molecule has 2 aromatic heterocycles. The second kappa shape index (κ2) is 7.57. The van der Waals surface area contributed by atoms with E-state index < -0.39 is 0 Å². The Labute approximate surface area is 142 Å². The first kappa shape index (κ1) is 16.6. The van der Waals surface area contributed by atoms with E-state index in [1.807, 2.05) is 43.3 Å². The summed E-state index contributed by atoms with van der Waals surface area (Å²) in [6, 6.07) is 4.09. The van der Waals surface area contributed by atoms with Gasteiger partial charge in [0.25, 0.3) is 0 Å². The second-order valence-corrected chi connectivity index (χ2v) is 6.35. The predicted octanol–water partition coefficient (Wildman–Crippen LogP) is 1.96. The zero-order valence-corrected chi connectivity index (χ0v) is 14.4. The Bertz CT molecular complexity index is 664. The van der Waals surface area contributed by atoms with Gasteiger partial charge in [-0.05, 0) is 38.0 Å². The highest BCUT2D eigenvalue weighted by molar-refractivity contribution is 5.79. The summed E-state index contributed by atoms with van der Waals surface area (Å²) >= 11 is 0. The summed E-state index contributed by atoms with van der Waals surface area (Å²) in [4.78, 5) is 21.0. The Morgan fingerprint density at radius 2 is 1.96 bits per heavy atom. The van der Waals surface area contributed by atoms with Gasteiger partial charge in [-0.2, -0.15) is 0 Å². The molecule has 1 fully saturated rings. The van der Waals surface area contributed by atoms with Crippen LogP contribution in [0.4, 0.5) is 0 Å². The van der Waals surface area contributed by atoms with Gasteiger partial charge in [0.15, 0.2) is 0 Å². The fraction of sp³-hybridized carbons (Fsp3) is 0.500. The van der Waals surface area contributed by atoms with Crippen LogP contribution in [0.15, 0.2) is 29.0 Å².